The van der Waals surface area contributed by atoms with E-state index in [4.69, 9.17) is 0 Å². The van der Waals surface area contributed by atoms with Crippen LogP contribution < -0.4 is 5.32 Å². The fourth-order valence-electron chi connectivity index (χ4n) is 2.96. The van der Waals surface area contributed by atoms with Gasteiger partial charge in [0.25, 0.3) is 0 Å². The van der Waals surface area contributed by atoms with Crippen LogP contribution in [0.25, 0.3) is 22.6 Å². The third-order valence-electron chi connectivity index (χ3n) is 4.41. The Balaban J connectivity index is 1.43. The van der Waals surface area contributed by atoms with E-state index in [0.29, 0.717) is 18.4 Å². The molecule has 1 fully saturated rings. The summed E-state index contributed by atoms with van der Waals surface area (Å²) in [6, 6.07) is 2.43. The summed E-state index contributed by atoms with van der Waals surface area (Å²) in [5.41, 5.74) is 4.10. The SMILES string of the molecule is Cn1nccc1-c1n[nH]nc1CNc1ncnc2c1ncn2C1CC1. The van der Waals surface area contributed by atoms with Gasteiger partial charge >= 0.3 is 0 Å². The number of aromatic amines is 1. The summed E-state index contributed by atoms with van der Waals surface area (Å²) in [7, 11) is 1.87. The molecule has 25 heavy (non-hydrogen) atoms. The topological polar surface area (TPSA) is 115 Å². The molecule has 126 valence electrons. The molecule has 0 unspecified atom stereocenters. The van der Waals surface area contributed by atoms with Crippen LogP contribution >= 0.6 is 0 Å². The molecule has 0 amide bonds. The average Bonchev–Trinajstić information content (AvgIpc) is 3.03. The van der Waals surface area contributed by atoms with Crippen molar-refractivity contribution in [3.63, 3.8) is 0 Å². The first-order chi connectivity index (χ1) is 12.3. The van der Waals surface area contributed by atoms with Crippen molar-refractivity contribution in [3.8, 4) is 11.4 Å². The second-order valence-electron chi connectivity index (χ2n) is 6.09. The summed E-state index contributed by atoms with van der Waals surface area (Å²) in [5, 5.41) is 18.6. The molecule has 1 aliphatic carbocycles. The number of aryl methyl sites for hydroxylation is 1. The zero-order valence-corrected chi connectivity index (χ0v) is 13.6. The third-order valence-corrected chi connectivity index (χ3v) is 4.41. The van der Waals surface area contributed by atoms with Gasteiger partial charge in [0, 0.05) is 19.3 Å². The summed E-state index contributed by atoms with van der Waals surface area (Å²) in [4.78, 5) is 13.2. The van der Waals surface area contributed by atoms with E-state index in [9.17, 15) is 0 Å². The van der Waals surface area contributed by atoms with Gasteiger partial charge in [0.2, 0.25) is 0 Å². The van der Waals surface area contributed by atoms with Crippen molar-refractivity contribution in [3.05, 3.63) is 30.6 Å². The van der Waals surface area contributed by atoms with Gasteiger partial charge in [0.15, 0.2) is 11.5 Å². The Kier molecular flexibility index (Phi) is 3.02. The second-order valence-corrected chi connectivity index (χ2v) is 6.09. The van der Waals surface area contributed by atoms with Crippen molar-refractivity contribution >= 4 is 17.0 Å². The van der Waals surface area contributed by atoms with Crippen molar-refractivity contribution in [1.82, 2.24) is 44.7 Å². The monoisotopic (exact) mass is 336 g/mol. The van der Waals surface area contributed by atoms with Gasteiger partial charge in [-0.1, -0.05) is 0 Å². The maximum Gasteiger partial charge on any atom is 0.165 e. The molecule has 1 aliphatic rings. The van der Waals surface area contributed by atoms with Gasteiger partial charge in [-0.05, 0) is 18.9 Å². The van der Waals surface area contributed by atoms with Crippen LogP contribution in [0.4, 0.5) is 5.82 Å². The number of nitrogens with one attached hydrogen (secondary N) is 2. The first kappa shape index (κ1) is 14.1. The molecule has 4 aromatic rings. The number of rotatable bonds is 5. The Hall–Kier alpha value is -3.30. The minimum absolute atomic E-state index is 0.472. The third kappa shape index (κ3) is 2.33. The van der Waals surface area contributed by atoms with E-state index < -0.39 is 0 Å². The summed E-state index contributed by atoms with van der Waals surface area (Å²) in [6.07, 6.45) is 7.52. The minimum atomic E-state index is 0.472. The van der Waals surface area contributed by atoms with Crippen LogP contribution in [0.15, 0.2) is 24.9 Å². The molecule has 0 spiro atoms. The van der Waals surface area contributed by atoms with Gasteiger partial charge in [-0.3, -0.25) is 4.68 Å². The molecule has 10 nitrogen and oxygen atoms in total. The quantitative estimate of drug-likeness (QED) is 0.564. The van der Waals surface area contributed by atoms with Crippen LogP contribution in [0.1, 0.15) is 24.6 Å². The van der Waals surface area contributed by atoms with E-state index in [1.807, 2.05) is 19.4 Å². The van der Waals surface area contributed by atoms with Gasteiger partial charge in [0.05, 0.1) is 18.6 Å². The van der Waals surface area contributed by atoms with E-state index in [1.165, 1.54) is 12.8 Å². The van der Waals surface area contributed by atoms with Crippen molar-refractivity contribution in [1.29, 1.82) is 0 Å². The van der Waals surface area contributed by atoms with E-state index in [-0.39, 0.29) is 0 Å². The number of hydrogen-bond acceptors (Lipinski definition) is 7. The minimum Gasteiger partial charge on any atom is -0.362 e. The highest BCUT2D eigenvalue weighted by Crippen LogP contribution is 2.37. The van der Waals surface area contributed by atoms with Gasteiger partial charge < -0.3 is 9.88 Å². The number of hydrogen-bond donors (Lipinski definition) is 2. The number of imidazole rings is 1. The number of nitrogens with zero attached hydrogens (tertiary/aromatic N) is 8. The Morgan fingerprint density at radius 3 is 2.96 bits per heavy atom. The van der Waals surface area contributed by atoms with E-state index in [1.54, 1.807) is 17.2 Å². The molecule has 10 heteroatoms. The molecule has 1 saturated carbocycles. The molecular weight excluding hydrogens is 320 g/mol. The van der Waals surface area contributed by atoms with E-state index in [0.717, 1.165) is 28.2 Å². The van der Waals surface area contributed by atoms with Gasteiger partial charge in [-0.2, -0.15) is 20.5 Å². The molecule has 2 N–H and O–H groups in total. The standard InChI is InChI=1S/C15H16N10/c1-24-11(4-5-20-24)12-10(21-23-22-12)6-16-14-13-15(18-7-17-14)25(8-19-13)9-2-3-9/h4-5,7-9H,2-3,6H2,1H3,(H,16,17,18)(H,21,22,23). The molecule has 5 rings (SSSR count). The fraction of sp³-hybridized carbons (Fsp3) is 0.333. The van der Waals surface area contributed by atoms with Crippen molar-refractivity contribution < 1.29 is 0 Å². The zero-order valence-electron chi connectivity index (χ0n) is 13.6. The smallest absolute Gasteiger partial charge is 0.165 e. The number of aromatic nitrogens is 9. The molecule has 0 aromatic carbocycles. The van der Waals surface area contributed by atoms with Crippen LogP contribution in [-0.2, 0) is 13.6 Å². The Labute approximate surface area is 142 Å². The molecular formula is C15H16N10. The van der Waals surface area contributed by atoms with Gasteiger partial charge in [-0.15, -0.1) is 0 Å². The van der Waals surface area contributed by atoms with Crippen molar-refractivity contribution in [2.24, 2.45) is 7.05 Å². The first-order valence-electron chi connectivity index (χ1n) is 8.10. The lowest BCUT2D eigenvalue weighted by atomic mass is 10.2. The van der Waals surface area contributed by atoms with Crippen LogP contribution in [0.3, 0.4) is 0 Å². The molecule has 4 heterocycles. The Morgan fingerprint density at radius 1 is 1.24 bits per heavy atom. The highest BCUT2D eigenvalue weighted by molar-refractivity contribution is 5.82. The first-order valence-corrected chi connectivity index (χ1v) is 8.10. The zero-order chi connectivity index (χ0) is 16.8. The van der Waals surface area contributed by atoms with Crippen LogP contribution in [0.5, 0.6) is 0 Å². The molecule has 0 saturated heterocycles. The van der Waals surface area contributed by atoms with E-state index >= 15 is 0 Å². The Morgan fingerprint density at radius 2 is 2.16 bits per heavy atom. The maximum absolute atomic E-state index is 4.48. The van der Waals surface area contributed by atoms with Crippen molar-refractivity contribution in [2.45, 2.75) is 25.4 Å². The lowest BCUT2D eigenvalue weighted by Gasteiger charge is -2.06. The lowest BCUT2D eigenvalue weighted by Crippen LogP contribution is -2.05. The summed E-state index contributed by atoms with van der Waals surface area (Å²) in [6.45, 7) is 0.472. The Bertz CT molecular complexity index is 1040. The summed E-state index contributed by atoms with van der Waals surface area (Å²) >= 11 is 0. The summed E-state index contributed by atoms with van der Waals surface area (Å²) in [5.74, 6) is 0.698. The van der Waals surface area contributed by atoms with Gasteiger partial charge in [0.1, 0.15) is 23.2 Å². The second kappa shape index (κ2) is 5.36. The average molecular weight is 336 g/mol. The number of fused-ring (bicyclic) bond motifs is 1. The molecule has 4 aromatic heterocycles. The van der Waals surface area contributed by atoms with Gasteiger partial charge in [-0.25, -0.2) is 15.0 Å². The number of anilines is 1. The highest BCUT2D eigenvalue weighted by atomic mass is 15.4. The lowest BCUT2D eigenvalue weighted by molar-refractivity contribution is 0.756. The number of H-pyrrole nitrogens is 1. The molecule has 0 radical (unpaired) electrons. The predicted molar refractivity (Wildman–Crippen MR) is 89.5 cm³/mol. The molecule has 0 aliphatic heterocycles. The van der Waals surface area contributed by atoms with Crippen LogP contribution in [0, 0.1) is 0 Å². The van der Waals surface area contributed by atoms with Crippen molar-refractivity contribution in [2.75, 3.05) is 5.32 Å². The van der Waals surface area contributed by atoms with Crippen LogP contribution in [-0.4, -0.2) is 44.7 Å². The normalized spacial score (nSPS) is 14.3. The molecule has 0 bridgehead atoms. The maximum atomic E-state index is 4.48. The fourth-order valence-corrected chi connectivity index (χ4v) is 2.96. The largest absolute Gasteiger partial charge is 0.362 e. The van der Waals surface area contributed by atoms with E-state index in [2.05, 4.69) is 45.3 Å². The van der Waals surface area contributed by atoms with Crippen LogP contribution in [0.2, 0.25) is 0 Å². The molecule has 0 atom stereocenters. The summed E-state index contributed by atoms with van der Waals surface area (Å²) < 4.78 is 3.89. The highest BCUT2D eigenvalue weighted by Gasteiger charge is 2.26. The predicted octanol–water partition coefficient (Wildman–Crippen LogP) is 1.29.